The monoisotopic (exact) mass is 396 g/mol. The molecule has 2 amide bonds. The van der Waals surface area contributed by atoms with Gasteiger partial charge in [-0.2, -0.15) is 13.2 Å². The number of alkyl halides is 3. The van der Waals surface area contributed by atoms with Crippen LogP contribution in [0.25, 0.3) is 0 Å². The van der Waals surface area contributed by atoms with Gasteiger partial charge in [0, 0.05) is 19.6 Å². The van der Waals surface area contributed by atoms with Crippen molar-refractivity contribution in [3.63, 3.8) is 0 Å². The lowest BCUT2D eigenvalue weighted by Gasteiger charge is -2.31. The molecule has 8 heteroatoms. The highest BCUT2D eigenvalue weighted by Crippen LogP contribution is 2.29. The molecular formula is C19H19F3N2O2S. The Kier molecular flexibility index (Phi) is 5.84. The highest BCUT2D eigenvalue weighted by molar-refractivity contribution is 7.12. The molecular weight excluding hydrogens is 377 g/mol. The van der Waals surface area contributed by atoms with Gasteiger partial charge in [-0.15, -0.1) is 11.3 Å². The van der Waals surface area contributed by atoms with Gasteiger partial charge < -0.3 is 10.2 Å². The lowest BCUT2D eigenvalue weighted by Crippen LogP contribution is -2.45. The van der Waals surface area contributed by atoms with Crippen molar-refractivity contribution in [1.29, 1.82) is 0 Å². The third-order valence-corrected chi connectivity index (χ3v) is 5.42. The van der Waals surface area contributed by atoms with Gasteiger partial charge in [-0.1, -0.05) is 18.2 Å². The second-order valence-corrected chi connectivity index (χ2v) is 7.43. The largest absolute Gasteiger partial charge is 0.416 e. The summed E-state index contributed by atoms with van der Waals surface area (Å²) in [6.45, 7) is 1.14. The number of thiophene rings is 1. The van der Waals surface area contributed by atoms with Crippen molar-refractivity contribution >= 4 is 23.2 Å². The van der Waals surface area contributed by atoms with Gasteiger partial charge in [-0.25, -0.2) is 0 Å². The van der Waals surface area contributed by atoms with Crippen molar-refractivity contribution in [1.82, 2.24) is 10.2 Å². The maximum Gasteiger partial charge on any atom is 0.416 e. The Labute approximate surface area is 159 Å². The Morgan fingerprint density at radius 2 is 1.93 bits per heavy atom. The number of amides is 2. The van der Waals surface area contributed by atoms with E-state index < -0.39 is 11.7 Å². The van der Waals surface area contributed by atoms with Crippen molar-refractivity contribution in [2.75, 3.05) is 13.1 Å². The molecule has 0 saturated carbocycles. The minimum absolute atomic E-state index is 0.0646. The molecule has 1 aromatic carbocycles. The smallest absolute Gasteiger partial charge is 0.352 e. The molecule has 1 aliphatic rings. The summed E-state index contributed by atoms with van der Waals surface area (Å²) in [4.78, 5) is 27.2. The quantitative estimate of drug-likeness (QED) is 0.851. The molecule has 1 fully saturated rings. The van der Waals surface area contributed by atoms with E-state index in [0.29, 0.717) is 30.0 Å². The molecule has 27 heavy (non-hydrogen) atoms. The molecule has 1 atom stereocenters. The molecule has 2 heterocycles. The predicted molar refractivity (Wildman–Crippen MR) is 96.2 cm³/mol. The van der Waals surface area contributed by atoms with Gasteiger partial charge in [-0.05, 0) is 42.0 Å². The number of nitrogens with one attached hydrogen (secondary N) is 1. The van der Waals surface area contributed by atoms with Crippen LogP contribution in [-0.4, -0.2) is 29.8 Å². The van der Waals surface area contributed by atoms with E-state index in [0.717, 1.165) is 18.6 Å². The zero-order chi connectivity index (χ0) is 19.4. The molecule has 144 valence electrons. The van der Waals surface area contributed by atoms with Crippen molar-refractivity contribution in [2.45, 2.75) is 25.6 Å². The number of likely N-dealkylation sites (tertiary alicyclic amines) is 1. The van der Waals surface area contributed by atoms with Gasteiger partial charge in [0.15, 0.2) is 0 Å². The van der Waals surface area contributed by atoms with Crippen LogP contribution in [0, 0.1) is 5.92 Å². The Bertz CT molecular complexity index is 788. The number of hydrogen-bond acceptors (Lipinski definition) is 3. The van der Waals surface area contributed by atoms with Crippen molar-refractivity contribution in [2.24, 2.45) is 5.92 Å². The zero-order valence-corrected chi connectivity index (χ0v) is 15.3. The molecule has 0 aliphatic carbocycles. The topological polar surface area (TPSA) is 49.4 Å². The third-order valence-electron chi connectivity index (χ3n) is 4.56. The van der Waals surface area contributed by atoms with Gasteiger partial charge in [-0.3, -0.25) is 9.59 Å². The van der Waals surface area contributed by atoms with Crippen LogP contribution in [0.3, 0.4) is 0 Å². The minimum atomic E-state index is -4.37. The lowest BCUT2D eigenvalue weighted by atomic mass is 9.97. The number of carbonyl (C=O) groups is 2. The second-order valence-electron chi connectivity index (χ2n) is 6.48. The maximum absolute atomic E-state index is 12.6. The Hall–Kier alpha value is -2.35. The minimum Gasteiger partial charge on any atom is -0.352 e. The summed E-state index contributed by atoms with van der Waals surface area (Å²) >= 11 is 1.37. The SMILES string of the molecule is O=C(NCc1ccc(C(F)(F)F)cc1)C1CCCN(C(=O)c2cccs2)C1. The Morgan fingerprint density at radius 1 is 1.19 bits per heavy atom. The van der Waals surface area contributed by atoms with E-state index in [1.807, 2.05) is 11.4 Å². The first kappa shape index (κ1) is 19.4. The number of nitrogens with zero attached hydrogens (tertiary/aromatic N) is 1. The standard InChI is InChI=1S/C19H19F3N2O2S/c20-19(21,22)15-7-5-13(6-8-15)11-23-17(25)14-3-1-9-24(12-14)18(26)16-4-2-10-27-16/h2,4-8,10,14H,1,3,9,11-12H2,(H,23,25). The molecule has 1 N–H and O–H groups in total. The van der Waals surface area contributed by atoms with Crippen LogP contribution in [0.1, 0.15) is 33.6 Å². The number of carbonyl (C=O) groups excluding carboxylic acids is 2. The zero-order valence-electron chi connectivity index (χ0n) is 14.5. The van der Waals surface area contributed by atoms with Crippen LogP contribution >= 0.6 is 11.3 Å². The van der Waals surface area contributed by atoms with Crippen molar-refractivity contribution < 1.29 is 22.8 Å². The predicted octanol–water partition coefficient (Wildman–Crippen LogP) is 3.94. The van der Waals surface area contributed by atoms with E-state index in [-0.39, 0.29) is 24.3 Å². The van der Waals surface area contributed by atoms with Gasteiger partial charge in [0.2, 0.25) is 5.91 Å². The number of piperidine rings is 1. The van der Waals surface area contributed by atoms with Crippen molar-refractivity contribution in [3.05, 3.63) is 57.8 Å². The molecule has 4 nitrogen and oxygen atoms in total. The summed E-state index contributed by atoms with van der Waals surface area (Å²) < 4.78 is 37.7. The third kappa shape index (κ3) is 4.88. The molecule has 0 bridgehead atoms. The summed E-state index contributed by atoms with van der Waals surface area (Å²) in [7, 11) is 0. The van der Waals surface area contributed by atoms with Crippen LogP contribution in [0.15, 0.2) is 41.8 Å². The molecule has 3 rings (SSSR count). The van der Waals surface area contributed by atoms with Crippen LogP contribution in [-0.2, 0) is 17.5 Å². The molecule has 2 aromatic rings. The van der Waals surface area contributed by atoms with E-state index in [9.17, 15) is 22.8 Å². The number of benzene rings is 1. The summed E-state index contributed by atoms with van der Waals surface area (Å²) in [5.74, 6) is -0.555. The number of rotatable bonds is 4. The van der Waals surface area contributed by atoms with E-state index in [1.54, 1.807) is 11.0 Å². The fourth-order valence-electron chi connectivity index (χ4n) is 3.08. The highest BCUT2D eigenvalue weighted by Gasteiger charge is 2.30. The van der Waals surface area contributed by atoms with Crippen LogP contribution in [0.5, 0.6) is 0 Å². The van der Waals surface area contributed by atoms with Crippen LogP contribution < -0.4 is 5.32 Å². The van der Waals surface area contributed by atoms with E-state index in [2.05, 4.69) is 5.32 Å². The molecule has 1 aromatic heterocycles. The molecule has 1 saturated heterocycles. The number of halogens is 3. The summed E-state index contributed by atoms with van der Waals surface area (Å²) in [6.07, 6.45) is -2.94. The van der Waals surface area contributed by atoms with E-state index in [1.165, 1.54) is 23.5 Å². The highest BCUT2D eigenvalue weighted by atomic mass is 32.1. The first-order valence-corrected chi connectivity index (χ1v) is 9.49. The normalized spacial score (nSPS) is 17.6. The lowest BCUT2D eigenvalue weighted by molar-refractivity contribution is -0.137. The summed E-state index contributed by atoms with van der Waals surface area (Å²) in [5, 5.41) is 4.60. The molecule has 0 spiro atoms. The molecule has 1 unspecified atom stereocenters. The summed E-state index contributed by atoms with van der Waals surface area (Å²) in [5.41, 5.74) is -0.119. The van der Waals surface area contributed by atoms with E-state index >= 15 is 0 Å². The summed E-state index contributed by atoms with van der Waals surface area (Å²) in [6, 6.07) is 8.30. The van der Waals surface area contributed by atoms with Crippen LogP contribution in [0.2, 0.25) is 0 Å². The Balaban J connectivity index is 1.54. The average molecular weight is 396 g/mol. The molecule has 0 radical (unpaired) electrons. The van der Waals surface area contributed by atoms with E-state index in [4.69, 9.17) is 0 Å². The van der Waals surface area contributed by atoms with Crippen molar-refractivity contribution in [3.8, 4) is 0 Å². The van der Waals surface area contributed by atoms with Gasteiger partial charge in [0.05, 0.1) is 16.4 Å². The average Bonchev–Trinajstić information content (AvgIpc) is 3.20. The second kappa shape index (κ2) is 8.12. The maximum atomic E-state index is 12.6. The fourth-order valence-corrected chi connectivity index (χ4v) is 3.77. The first-order chi connectivity index (χ1) is 12.8. The van der Waals surface area contributed by atoms with Gasteiger partial charge >= 0.3 is 6.18 Å². The Morgan fingerprint density at radius 3 is 2.56 bits per heavy atom. The first-order valence-electron chi connectivity index (χ1n) is 8.61. The van der Waals surface area contributed by atoms with Gasteiger partial charge in [0.1, 0.15) is 0 Å². The fraction of sp³-hybridized carbons (Fsp3) is 0.368. The number of hydrogen-bond donors (Lipinski definition) is 1. The molecule has 1 aliphatic heterocycles. The van der Waals surface area contributed by atoms with Gasteiger partial charge in [0.25, 0.3) is 5.91 Å². The van der Waals surface area contributed by atoms with Crippen LogP contribution in [0.4, 0.5) is 13.2 Å².